The standard InChI is InChI=1S/C27H27N7/c1-5-19-7-6-8-20(14-19)26-25(21-13-17(2)30-24(15-21)28-4)27-32-23(10-12-34(27)33-26)18(3)31-22-9-11-29-16-22/h1,6-8,10,12-15,22,29,31H,3,9,11,16H2,2,4H3,(H,28,30). The number of aryl methyl sites for hydroxylation is 1. The van der Waals surface area contributed by atoms with E-state index in [9.17, 15) is 0 Å². The maximum atomic E-state index is 5.67. The summed E-state index contributed by atoms with van der Waals surface area (Å²) < 4.78 is 1.82. The Hall–Kier alpha value is -4.15. The molecule has 7 heteroatoms. The summed E-state index contributed by atoms with van der Waals surface area (Å²) in [6.45, 7) is 8.18. The van der Waals surface area contributed by atoms with E-state index in [2.05, 4.69) is 39.5 Å². The van der Waals surface area contributed by atoms with Crippen molar-refractivity contribution in [2.24, 2.45) is 0 Å². The molecule has 3 aromatic heterocycles. The smallest absolute Gasteiger partial charge is 0.164 e. The normalized spacial score (nSPS) is 15.3. The highest BCUT2D eigenvalue weighted by Crippen LogP contribution is 2.36. The van der Waals surface area contributed by atoms with Crippen molar-refractivity contribution in [2.75, 3.05) is 25.5 Å². The predicted molar refractivity (Wildman–Crippen MR) is 137 cm³/mol. The van der Waals surface area contributed by atoms with Gasteiger partial charge in [0.25, 0.3) is 0 Å². The van der Waals surface area contributed by atoms with Crippen molar-refractivity contribution < 1.29 is 0 Å². The number of hydrogen-bond acceptors (Lipinski definition) is 6. The monoisotopic (exact) mass is 449 g/mol. The van der Waals surface area contributed by atoms with Gasteiger partial charge in [-0.3, -0.25) is 0 Å². The number of nitrogens with one attached hydrogen (secondary N) is 3. The highest BCUT2D eigenvalue weighted by molar-refractivity contribution is 5.91. The lowest BCUT2D eigenvalue weighted by Crippen LogP contribution is -2.29. The average molecular weight is 450 g/mol. The van der Waals surface area contributed by atoms with Gasteiger partial charge in [0.1, 0.15) is 11.5 Å². The molecule has 4 heterocycles. The van der Waals surface area contributed by atoms with Gasteiger partial charge < -0.3 is 16.0 Å². The lowest BCUT2D eigenvalue weighted by molar-refractivity contribution is 0.650. The zero-order valence-electron chi connectivity index (χ0n) is 19.4. The SMILES string of the molecule is C#Cc1cccc(-c2nn3ccc(C(=C)NC4CCNC4)nc3c2-c2cc(C)nc(NC)c2)c1. The van der Waals surface area contributed by atoms with E-state index in [4.69, 9.17) is 16.5 Å². The summed E-state index contributed by atoms with van der Waals surface area (Å²) in [6.07, 6.45) is 8.67. The van der Waals surface area contributed by atoms with Crippen molar-refractivity contribution in [1.82, 2.24) is 30.2 Å². The predicted octanol–water partition coefficient (Wildman–Crippen LogP) is 3.71. The van der Waals surface area contributed by atoms with Crippen molar-refractivity contribution in [2.45, 2.75) is 19.4 Å². The molecule has 1 atom stereocenters. The van der Waals surface area contributed by atoms with Gasteiger partial charge in [-0.05, 0) is 55.8 Å². The zero-order valence-corrected chi connectivity index (χ0v) is 19.4. The van der Waals surface area contributed by atoms with Gasteiger partial charge in [-0.1, -0.05) is 24.6 Å². The Bertz CT molecular complexity index is 1420. The van der Waals surface area contributed by atoms with Crippen LogP contribution >= 0.6 is 0 Å². The number of fused-ring (bicyclic) bond motifs is 1. The van der Waals surface area contributed by atoms with E-state index in [1.807, 2.05) is 61.1 Å². The molecule has 1 aliphatic rings. The number of aromatic nitrogens is 4. The van der Waals surface area contributed by atoms with Crippen LogP contribution in [0.3, 0.4) is 0 Å². The molecule has 0 saturated carbocycles. The van der Waals surface area contributed by atoms with Gasteiger partial charge >= 0.3 is 0 Å². The molecule has 1 saturated heterocycles. The highest BCUT2D eigenvalue weighted by atomic mass is 15.3. The van der Waals surface area contributed by atoms with Crippen LogP contribution in [0.1, 0.15) is 23.4 Å². The molecule has 34 heavy (non-hydrogen) atoms. The fourth-order valence-corrected chi connectivity index (χ4v) is 4.36. The largest absolute Gasteiger partial charge is 0.380 e. The first-order valence-corrected chi connectivity index (χ1v) is 11.4. The van der Waals surface area contributed by atoms with Crippen LogP contribution in [-0.4, -0.2) is 45.8 Å². The van der Waals surface area contributed by atoms with Crippen molar-refractivity contribution in [3.8, 4) is 34.7 Å². The molecule has 170 valence electrons. The summed E-state index contributed by atoms with van der Waals surface area (Å²) in [7, 11) is 1.86. The fourth-order valence-electron chi connectivity index (χ4n) is 4.36. The van der Waals surface area contributed by atoms with E-state index in [0.29, 0.717) is 6.04 Å². The first kappa shape index (κ1) is 21.7. The van der Waals surface area contributed by atoms with Crippen LogP contribution in [0, 0.1) is 19.3 Å². The van der Waals surface area contributed by atoms with E-state index in [1.54, 1.807) is 0 Å². The first-order chi connectivity index (χ1) is 16.6. The molecule has 1 aliphatic heterocycles. The van der Waals surface area contributed by atoms with Crippen LogP contribution in [0.5, 0.6) is 0 Å². The van der Waals surface area contributed by atoms with Crippen LogP contribution in [-0.2, 0) is 0 Å². The maximum absolute atomic E-state index is 5.67. The quantitative estimate of drug-likeness (QED) is 0.390. The van der Waals surface area contributed by atoms with Gasteiger partial charge in [0.2, 0.25) is 0 Å². The summed E-state index contributed by atoms with van der Waals surface area (Å²) in [6, 6.07) is 14.2. The molecule has 1 unspecified atom stereocenters. The summed E-state index contributed by atoms with van der Waals surface area (Å²) >= 11 is 0. The lowest BCUT2D eigenvalue weighted by atomic mass is 10.00. The van der Waals surface area contributed by atoms with Crippen molar-refractivity contribution in [3.63, 3.8) is 0 Å². The molecule has 1 fully saturated rings. The number of benzene rings is 1. The molecule has 7 nitrogen and oxygen atoms in total. The molecule has 0 radical (unpaired) electrons. The lowest BCUT2D eigenvalue weighted by Gasteiger charge is -2.15. The molecule has 4 aromatic rings. The van der Waals surface area contributed by atoms with Crippen LogP contribution in [0.4, 0.5) is 5.82 Å². The molecular formula is C27H27N7. The molecule has 5 rings (SSSR count). The summed E-state index contributed by atoms with van der Waals surface area (Å²) in [5, 5.41) is 14.9. The minimum absolute atomic E-state index is 0.359. The van der Waals surface area contributed by atoms with Gasteiger partial charge in [0.15, 0.2) is 5.65 Å². The number of anilines is 1. The van der Waals surface area contributed by atoms with Crippen molar-refractivity contribution >= 4 is 17.2 Å². The van der Waals surface area contributed by atoms with Crippen molar-refractivity contribution in [3.05, 3.63) is 72.2 Å². The third-order valence-corrected chi connectivity index (χ3v) is 6.03. The number of pyridine rings is 1. The second kappa shape index (κ2) is 9.00. The van der Waals surface area contributed by atoms with Gasteiger partial charge in [-0.2, -0.15) is 5.10 Å². The van der Waals surface area contributed by atoms with E-state index in [0.717, 1.165) is 76.0 Å². The molecular weight excluding hydrogens is 422 g/mol. The topological polar surface area (TPSA) is 79.2 Å². The Morgan fingerprint density at radius 3 is 2.85 bits per heavy atom. The van der Waals surface area contributed by atoms with Crippen LogP contribution in [0.15, 0.2) is 55.2 Å². The average Bonchev–Trinajstić information content (AvgIpc) is 3.50. The van der Waals surface area contributed by atoms with Crippen LogP contribution in [0.25, 0.3) is 33.7 Å². The fraction of sp³-hybridized carbons (Fsp3) is 0.222. The third kappa shape index (κ3) is 4.12. The van der Waals surface area contributed by atoms with E-state index in [-0.39, 0.29) is 0 Å². The highest BCUT2D eigenvalue weighted by Gasteiger charge is 2.21. The summed E-state index contributed by atoms with van der Waals surface area (Å²) in [5.74, 6) is 3.51. The summed E-state index contributed by atoms with van der Waals surface area (Å²) in [4.78, 5) is 9.56. The van der Waals surface area contributed by atoms with Gasteiger partial charge in [-0.15, -0.1) is 6.42 Å². The molecule has 3 N–H and O–H groups in total. The minimum Gasteiger partial charge on any atom is -0.380 e. The Morgan fingerprint density at radius 1 is 1.21 bits per heavy atom. The molecule has 0 amide bonds. The van der Waals surface area contributed by atoms with Crippen LogP contribution < -0.4 is 16.0 Å². The molecule has 0 aliphatic carbocycles. The van der Waals surface area contributed by atoms with Gasteiger partial charge in [0.05, 0.1) is 17.0 Å². The van der Waals surface area contributed by atoms with Crippen LogP contribution in [0.2, 0.25) is 0 Å². The second-order valence-electron chi connectivity index (χ2n) is 8.47. The van der Waals surface area contributed by atoms with Gasteiger partial charge in [0, 0.05) is 42.7 Å². The Kier molecular flexibility index (Phi) is 5.74. The first-order valence-electron chi connectivity index (χ1n) is 11.4. The maximum Gasteiger partial charge on any atom is 0.164 e. The zero-order chi connectivity index (χ0) is 23.7. The Balaban J connectivity index is 1.69. The Labute approximate surface area is 199 Å². The van der Waals surface area contributed by atoms with Gasteiger partial charge in [-0.25, -0.2) is 14.5 Å². The second-order valence-corrected chi connectivity index (χ2v) is 8.47. The van der Waals surface area contributed by atoms with Crippen molar-refractivity contribution in [1.29, 1.82) is 0 Å². The Morgan fingerprint density at radius 2 is 2.09 bits per heavy atom. The number of terminal acetylenes is 1. The molecule has 0 bridgehead atoms. The van der Waals surface area contributed by atoms with E-state index >= 15 is 0 Å². The summed E-state index contributed by atoms with van der Waals surface area (Å²) in [5.41, 5.74) is 7.72. The minimum atomic E-state index is 0.359. The molecule has 1 aromatic carbocycles. The number of hydrogen-bond donors (Lipinski definition) is 3. The van der Waals surface area contributed by atoms with E-state index < -0.39 is 0 Å². The number of rotatable bonds is 6. The third-order valence-electron chi connectivity index (χ3n) is 6.03. The molecule has 0 spiro atoms. The number of nitrogens with zero attached hydrogens (tertiary/aromatic N) is 4. The van der Waals surface area contributed by atoms with E-state index in [1.165, 1.54) is 0 Å².